The van der Waals surface area contributed by atoms with Crippen LogP contribution in [0.2, 0.25) is 5.02 Å². The molecule has 0 aromatic heterocycles. The zero-order valence-electron chi connectivity index (χ0n) is 16.6. The SMILES string of the molecule is CCOc1c(Cl)cc(/C=C/C(=O)OCC(=O)N2C[C@H](C)O[C@@H](C)C2)cc1OC. The molecule has 0 saturated carbocycles. The molecule has 8 heteroatoms. The Morgan fingerprint density at radius 2 is 1.96 bits per heavy atom. The summed E-state index contributed by atoms with van der Waals surface area (Å²) >= 11 is 6.20. The molecule has 1 saturated heterocycles. The fourth-order valence-electron chi connectivity index (χ4n) is 2.94. The highest BCUT2D eigenvalue weighted by molar-refractivity contribution is 6.32. The Labute approximate surface area is 170 Å². The smallest absolute Gasteiger partial charge is 0.331 e. The number of benzene rings is 1. The molecule has 1 aromatic rings. The number of ether oxygens (including phenoxy) is 4. The lowest BCUT2D eigenvalue weighted by molar-refractivity contribution is -0.154. The summed E-state index contributed by atoms with van der Waals surface area (Å²) in [6, 6.07) is 3.35. The molecule has 0 bridgehead atoms. The van der Waals surface area contributed by atoms with Crippen LogP contribution in [0.1, 0.15) is 26.3 Å². The number of rotatable bonds is 7. The number of carbonyl (C=O) groups excluding carboxylic acids is 2. The van der Waals surface area contributed by atoms with E-state index in [4.69, 9.17) is 30.5 Å². The molecule has 154 valence electrons. The fourth-order valence-corrected chi connectivity index (χ4v) is 3.21. The first-order valence-corrected chi connectivity index (χ1v) is 9.50. The van der Waals surface area contributed by atoms with Gasteiger partial charge in [-0.2, -0.15) is 0 Å². The van der Waals surface area contributed by atoms with Gasteiger partial charge in [0.05, 0.1) is 30.9 Å². The quantitative estimate of drug-likeness (QED) is 0.507. The van der Waals surface area contributed by atoms with Crippen molar-refractivity contribution in [3.05, 3.63) is 28.8 Å². The van der Waals surface area contributed by atoms with Crippen LogP contribution in [0.3, 0.4) is 0 Å². The molecular formula is C20H26ClNO6. The van der Waals surface area contributed by atoms with E-state index in [1.165, 1.54) is 19.3 Å². The highest BCUT2D eigenvalue weighted by Crippen LogP contribution is 2.36. The summed E-state index contributed by atoms with van der Waals surface area (Å²) in [5, 5.41) is 0.375. The van der Waals surface area contributed by atoms with Crippen LogP contribution in [0.15, 0.2) is 18.2 Å². The van der Waals surface area contributed by atoms with Gasteiger partial charge in [0.25, 0.3) is 5.91 Å². The number of methoxy groups -OCH3 is 1. The summed E-state index contributed by atoms with van der Waals surface area (Å²) < 4.78 is 21.4. The van der Waals surface area contributed by atoms with Crippen molar-refractivity contribution in [2.45, 2.75) is 33.0 Å². The first-order chi connectivity index (χ1) is 13.3. The minimum Gasteiger partial charge on any atom is -0.493 e. The monoisotopic (exact) mass is 411 g/mol. The number of halogens is 1. The summed E-state index contributed by atoms with van der Waals surface area (Å²) in [5.41, 5.74) is 0.643. The highest BCUT2D eigenvalue weighted by atomic mass is 35.5. The number of amides is 1. The third-order valence-corrected chi connectivity index (χ3v) is 4.34. The predicted molar refractivity (Wildman–Crippen MR) is 106 cm³/mol. The van der Waals surface area contributed by atoms with Crippen molar-refractivity contribution >= 4 is 29.6 Å². The zero-order chi connectivity index (χ0) is 20.7. The first kappa shape index (κ1) is 22.0. The number of carbonyl (C=O) groups is 2. The Balaban J connectivity index is 1.93. The van der Waals surface area contributed by atoms with E-state index in [-0.39, 0.29) is 24.7 Å². The molecule has 1 aliphatic rings. The van der Waals surface area contributed by atoms with Gasteiger partial charge in [0.2, 0.25) is 0 Å². The van der Waals surface area contributed by atoms with Crippen LogP contribution in [0.4, 0.5) is 0 Å². The summed E-state index contributed by atoms with van der Waals surface area (Å²) in [4.78, 5) is 25.8. The molecule has 1 aromatic carbocycles. The van der Waals surface area contributed by atoms with Crippen LogP contribution in [0.5, 0.6) is 11.5 Å². The van der Waals surface area contributed by atoms with E-state index in [0.29, 0.717) is 41.8 Å². The predicted octanol–water partition coefficient (Wildman–Crippen LogP) is 2.94. The standard InChI is InChI=1S/C20H26ClNO6/c1-5-26-20-16(21)8-15(9-17(20)25-4)6-7-19(24)27-12-18(23)22-10-13(2)28-14(3)11-22/h6-9,13-14H,5,10-12H2,1-4H3/b7-6+/t13-,14-/m0/s1. The van der Waals surface area contributed by atoms with Gasteiger partial charge in [-0.05, 0) is 44.5 Å². The maximum atomic E-state index is 12.2. The maximum absolute atomic E-state index is 12.2. The molecule has 28 heavy (non-hydrogen) atoms. The van der Waals surface area contributed by atoms with E-state index in [1.54, 1.807) is 17.0 Å². The summed E-state index contributed by atoms with van der Waals surface area (Å²) in [6.07, 6.45) is 2.70. The molecule has 0 spiro atoms. The maximum Gasteiger partial charge on any atom is 0.331 e. The second-order valence-corrected chi connectivity index (χ2v) is 6.87. The minimum absolute atomic E-state index is 0.0392. The van der Waals surface area contributed by atoms with Crippen LogP contribution in [0, 0.1) is 0 Å². The molecule has 2 rings (SSSR count). The van der Waals surface area contributed by atoms with E-state index in [9.17, 15) is 9.59 Å². The van der Waals surface area contributed by atoms with E-state index in [1.807, 2.05) is 20.8 Å². The Kier molecular flexibility index (Phi) is 8.14. The van der Waals surface area contributed by atoms with Gasteiger partial charge in [-0.25, -0.2) is 4.79 Å². The molecule has 1 fully saturated rings. The van der Waals surface area contributed by atoms with Crippen LogP contribution >= 0.6 is 11.6 Å². The molecule has 0 N–H and O–H groups in total. The first-order valence-electron chi connectivity index (χ1n) is 9.12. The van der Waals surface area contributed by atoms with Crippen molar-refractivity contribution < 1.29 is 28.5 Å². The van der Waals surface area contributed by atoms with Gasteiger partial charge < -0.3 is 23.8 Å². The number of hydrogen-bond acceptors (Lipinski definition) is 6. The van der Waals surface area contributed by atoms with Crippen LogP contribution < -0.4 is 9.47 Å². The molecule has 0 aliphatic carbocycles. The van der Waals surface area contributed by atoms with Gasteiger partial charge in [0.1, 0.15) is 0 Å². The molecule has 1 heterocycles. The largest absolute Gasteiger partial charge is 0.493 e. The average molecular weight is 412 g/mol. The van der Waals surface area contributed by atoms with Crippen molar-refractivity contribution in [2.75, 3.05) is 33.4 Å². The van der Waals surface area contributed by atoms with Gasteiger partial charge in [0.15, 0.2) is 18.1 Å². The number of hydrogen-bond donors (Lipinski definition) is 0. The minimum atomic E-state index is -0.619. The van der Waals surface area contributed by atoms with E-state index in [2.05, 4.69) is 0 Å². The van der Waals surface area contributed by atoms with Crippen molar-refractivity contribution in [3.63, 3.8) is 0 Å². The van der Waals surface area contributed by atoms with Crippen molar-refractivity contribution in [3.8, 4) is 11.5 Å². The lowest BCUT2D eigenvalue weighted by Gasteiger charge is -2.35. The molecule has 1 aliphatic heterocycles. The van der Waals surface area contributed by atoms with E-state index < -0.39 is 5.97 Å². The molecule has 1 amide bonds. The van der Waals surface area contributed by atoms with Gasteiger partial charge in [-0.3, -0.25) is 4.79 Å². The summed E-state index contributed by atoms with van der Waals surface area (Å²) in [5.74, 6) is 0.0558. The molecule has 7 nitrogen and oxygen atoms in total. The summed E-state index contributed by atoms with van der Waals surface area (Å²) in [7, 11) is 1.51. The fraction of sp³-hybridized carbons (Fsp3) is 0.500. The Morgan fingerprint density at radius 3 is 2.57 bits per heavy atom. The average Bonchev–Trinajstić information content (AvgIpc) is 2.65. The van der Waals surface area contributed by atoms with Crippen molar-refractivity contribution in [1.82, 2.24) is 4.90 Å². The van der Waals surface area contributed by atoms with E-state index in [0.717, 1.165) is 0 Å². The third-order valence-electron chi connectivity index (χ3n) is 4.06. The van der Waals surface area contributed by atoms with Gasteiger partial charge in [0, 0.05) is 19.2 Å². The molecule has 0 radical (unpaired) electrons. The van der Waals surface area contributed by atoms with Crippen LogP contribution in [-0.2, 0) is 19.1 Å². The second-order valence-electron chi connectivity index (χ2n) is 6.46. The van der Waals surface area contributed by atoms with Gasteiger partial charge in [-0.15, -0.1) is 0 Å². The molecule has 2 atom stereocenters. The topological polar surface area (TPSA) is 74.3 Å². The van der Waals surface area contributed by atoms with Crippen LogP contribution in [0.25, 0.3) is 6.08 Å². The molecule has 0 unspecified atom stereocenters. The van der Waals surface area contributed by atoms with Gasteiger partial charge >= 0.3 is 5.97 Å². The number of esters is 1. The Hall–Kier alpha value is -2.25. The lowest BCUT2D eigenvalue weighted by atomic mass is 10.2. The number of nitrogens with zero attached hydrogens (tertiary/aromatic N) is 1. The highest BCUT2D eigenvalue weighted by Gasteiger charge is 2.26. The van der Waals surface area contributed by atoms with Crippen LogP contribution in [-0.4, -0.2) is 62.4 Å². The lowest BCUT2D eigenvalue weighted by Crippen LogP contribution is -2.49. The molecular weight excluding hydrogens is 386 g/mol. The second kappa shape index (κ2) is 10.3. The van der Waals surface area contributed by atoms with Crippen molar-refractivity contribution in [2.24, 2.45) is 0 Å². The zero-order valence-corrected chi connectivity index (χ0v) is 17.3. The Bertz CT molecular complexity index is 726. The van der Waals surface area contributed by atoms with E-state index >= 15 is 0 Å². The van der Waals surface area contributed by atoms with Crippen molar-refractivity contribution in [1.29, 1.82) is 0 Å². The summed E-state index contributed by atoms with van der Waals surface area (Å²) in [6.45, 7) is 6.77. The van der Waals surface area contributed by atoms with Gasteiger partial charge in [-0.1, -0.05) is 11.6 Å². The Morgan fingerprint density at radius 1 is 1.29 bits per heavy atom. The third kappa shape index (κ3) is 6.14. The number of morpholine rings is 1. The normalized spacial score (nSPS) is 19.5.